The van der Waals surface area contributed by atoms with Gasteiger partial charge in [0, 0.05) is 29.2 Å². The molecule has 31 heavy (non-hydrogen) atoms. The average Bonchev–Trinajstić information content (AvgIpc) is 3.38. The smallest absolute Gasteiger partial charge is 0.223 e. The van der Waals surface area contributed by atoms with E-state index >= 15 is 0 Å². The van der Waals surface area contributed by atoms with Gasteiger partial charge in [-0.05, 0) is 54.4 Å². The van der Waals surface area contributed by atoms with Gasteiger partial charge in [0.25, 0.3) is 0 Å². The Balaban J connectivity index is 1.48. The molecule has 2 atom stereocenters. The van der Waals surface area contributed by atoms with Gasteiger partial charge in [-0.2, -0.15) is 0 Å². The second-order valence-electron chi connectivity index (χ2n) is 8.19. The van der Waals surface area contributed by atoms with E-state index in [1.165, 1.54) is 18.3 Å². The van der Waals surface area contributed by atoms with Crippen LogP contribution in [0.15, 0.2) is 42.5 Å². The van der Waals surface area contributed by atoms with Gasteiger partial charge in [0.05, 0.1) is 11.4 Å². The second-order valence-corrected chi connectivity index (χ2v) is 9.28. The number of thiophene rings is 1. The van der Waals surface area contributed by atoms with Crippen LogP contribution in [0.25, 0.3) is 21.2 Å². The summed E-state index contributed by atoms with van der Waals surface area (Å²) in [5.41, 5.74) is 2.24. The Labute approximate surface area is 185 Å². The predicted molar refractivity (Wildman–Crippen MR) is 123 cm³/mol. The SMILES string of the molecule is CC(=O)CC(C)C(=O)NCC1Cc2c(ccc3cc(-c4ccc(C(C)=O)s4)ccc23)O1. The van der Waals surface area contributed by atoms with Crippen molar-refractivity contribution in [3.63, 3.8) is 0 Å². The van der Waals surface area contributed by atoms with Crippen molar-refractivity contribution in [1.29, 1.82) is 0 Å². The number of fused-ring (bicyclic) bond motifs is 3. The minimum atomic E-state index is -0.332. The first-order chi connectivity index (χ1) is 14.8. The van der Waals surface area contributed by atoms with Gasteiger partial charge in [0.2, 0.25) is 5.91 Å². The second kappa shape index (κ2) is 8.63. The molecule has 0 bridgehead atoms. The summed E-state index contributed by atoms with van der Waals surface area (Å²) < 4.78 is 6.05. The molecule has 2 unspecified atom stereocenters. The van der Waals surface area contributed by atoms with Crippen molar-refractivity contribution in [2.24, 2.45) is 5.92 Å². The van der Waals surface area contributed by atoms with E-state index in [0.717, 1.165) is 43.8 Å². The van der Waals surface area contributed by atoms with Crippen LogP contribution in [0.5, 0.6) is 5.75 Å². The quantitative estimate of drug-likeness (QED) is 0.541. The first kappa shape index (κ1) is 21.2. The van der Waals surface area contributed by atoms with Gasteiger partial charge in [-0.1, -0.05) is 25.1 Å². The molecule has 0 saturated carbocycles. The molecule has 1 amide bonds. The summed E-state index contributed by atoms with van der Waals surface area (Å²) in [5.74, 6) is 0.497. The summed E-state index contributed by atoms with van der Waals surface area (Å²) >= 11 is 1.51. The molecule has 3 aromatic rings. The molecule has 4 rings (SSSR count). The van der Waals surface area contributed by atoms with Gasteiger partial charge in [-0.25, -0.2) is 0 Å². The molecule has 1 aliphatic rings. The van der Waals surface area contributed by atoms with Crippen LogP contribution in [-0.2, 0) is 16.0 Å². The number of hydrogen-bond donors (Lipinski definition) is 1. The van der Waals surface area contributed by atoms with Crippen LogP contribution in [0.3, 0.4) is 0 Å². The summed E-state index contributed by atoms with van der Waals surface area (Å²) in [6.07, 6.45) is 0.855. The van der Waals surface area contributed by atoms with Crippen molar-refractivity contribution in [3.05, 3.63) is 52.9 Å². The van der Waals surface area contributed by atoms with E-state index in [0.29, 0.717) is 6.54 Å². The third-order valence-electron chi connectivity index (χ3n) is 5.60. The van der Waals surface area contributed by atoms with Gasteiger partial charge < -0.3 is 14.8 Å². The number of amides is 1. The Hall–Kier alpha value is -2.99. The lowest BCUT2D eigenvalue weighted by Crippen LogP contribution is -2.37. The van der Waals surface area contributed by atoms with Gasteiger partial charge in [0.1, 0.15) is 17.6 Å². The van der Waals surface area contributed by atoms with Crippen molar-refractivity contribution >= 4 is 39.6 Å². The molecule has 0 fully saturated rings. The lowest BCUT2D eigenvalue weighted by atomic mass is 9.98. The number of rotatable bonds is 7. The normalized spacial score (nSPS) is 15.9. The van der Waals surface area contributed by atoms with Crippen molar-refractivity contribution < 1.29 is 19.1 Å². The lowest BCUT2D eigenvalue weighted by molar-refractivity contribution is -0.128. The molecule has 160 valence electrons. The third-order valence-corrected chi connectivity index (χ3v) is 6.83. The van der Waals surface area contributed by atoms with E-state index in [1.54, 1.807) is 13.8 Å². The molecule has 5 nitrogen and oxygen atoms in total. The largest absolute Gasteiger partial charge is 0.488 e. The highest BCUT2D eigenvalue weighted by Crippen LogP contribution is 2.37. The highest BCUT2D eigenvalue weighted by Gasteiger charge is 2.26. The summed E-state index contributed by atoms with van der Waals surface area (Å²) in [4.78, 5) is 36.8. The van der Waals surface area contributed by atoms with E-state index in [4.69, 9.17) is 4.74 Å². The molecular formula is C25H25NO4S. The molecule has 0 saturated heterocycles. The Morgan fingerprint density at radius 1 is 1.13 bits per heavy atom. The topological polar surface area (TPSA) is 72.5 Å². The average molecular weight is 436 g/mol. The zero-order chi connectivity index (χ0) is 22.1. The van der Waals surface area contributed by atoms with E-state index in [9.17, 15) is 14.4 Å². The fourth-order valence-corrected chi connectivity index (χ4v) is 4.90. The molecule has 6 heteroatoms. The molecule has 1 aromatic heterocycles. The number of carbonyl (C=O) groups excluding carboxylic acids is 3. The molecule has 0 radical (unpaired) electrons. The van der Waals surface area contributed by atoms with E-state index < -0.39 is 0 Å². The molecular weight excluding hydrogens is 410 g/mol. The Morgan fingerprint density at radius 3 is 2.65 bits per heavy atom. The van der Waals surface area contributed by atoms with Crippen LogP contribution in [0.2, 0.25) is 0 Å². The third kappa shape index (κ3) is 4.54. The molecule has 1 N–H and O–H groups in total. The Morgan fingerprint density at radius 2 is 1.94 bits per heavy atom. The van der Waals surface area contributed by atoms with Crippen LogP contribution >= 0.6 is 11.3 Å². The fourth-order valence-electron chi connectivity index (χ4n) is 4.01. The standard InChI is InChI=1S/C25H25NO4S/c1-14(10-15(2)27)25(29)26-13-19-12-21-20-6-4-18(11-17(20)5-7-22(21)30-19)24-9-8-23(31-24)16(3)28/h4-9,11,14,19H,10,12-13H2,1-3H3,(H,26,29). The minimum Gasteiger partial charge on any atom is -0.488 e. The zero-order valence-electron chi connectivity index (χ0n) is 17.9. The molecule has 0 spiro atoms. The lowest BCUT2D eigenvalue weighted by Gasteiger charge is -2.14. The van der Waals surface area contributed by atoms with Gasteiger partial charge >= 0.3 is 0 Å². The molecule has 0 aliphatic carbocycles. The number of ether oxygens (including phenoxy) is 1. The Bertz CT molecular complexity index is 1180. The van der Waals surface area contributed by atoms with Gasteiger partial charge in [0.15, 0.2) is 5.78 Å². The maximum absolute atomic E-state index is 12.2. The Kier molecular flexibility index (Phi) is 5.92. The van der Waals surface area contributed by atoms with Crippen LogP contribution in [-0.4, -0.2) is 30.1 Å². The molecule has 2 heterocycles. The van der Waals surface area contributed by atoms with Gasteiger partial charge in [-0.15, -0.1) is 11.3 Å². The first-order valence-electron chi connectivity index (χ1n) is 10.4. The van der Waals surface area contributed by atoms with Crippen molar-refractivity contribution in [3.8, 4) is 16.2 Å². The number of carbonyl (C=O) groups is 3. The summed E-state index contributed by atoms with van der Waals surface area (Å²) in [5, 5.41) is 5.18. The highest BCUT2D eigenvalue weighted by molar-refractivity contribution is 7.17. The summed E-state index contributed by atoms with van der Waals surface area (Å²) in [6.45, 7) is 5.26. The number of Topliss-reactive ketones (excluding diaryl/α,β-unsaturated/α-hetero) is 2. The number of ketones is 2. The molecule has 2 aromatic carbocycles. The first-order valence-corrected chi connectivity index (χ1v) is 11.2. The zero-order valence-corrected chi connectivity index (χ0v) is 18.7. The van der Waals surface area contributed by atoms with Gasteiger partial charge in [-0.3, -0.25) is 9.59 Å². The minimum absolute atomic E-state index is 0.0121. The van der Waals surface area contributed by atoms with E-state index in [-0.39, 0.29) is 35.9 Å². The van der Waals surface area contributed by atoms with Crippen LogP contribution in [0.1, 0.15) is 42.4 Å². The maximum Gasteiger partial charge on any atom is 0.223 e. The van der Waals surface area contributed by atoms with Crippen LogP contribution in [0, 0.1) is 5.92 Å². The number of nitrogens with one attached hydrogen (secondary N) is 1. The number of benzene rings is 2. The van der Waals surface area contributed by atoms with Crippen LogP contribution in [0.4, 0.5) is 0 Å². The van der Waals surface area contributed by atoms with Crippen molar-refractivity contribution in [2.75, 3.05) is 6.54 Å². The summed E-state index contributed by atoms with van der Waals surface area (Å²) in [7, 11) is 0. The molecule has 1 aliphatic heterocycles. The van der Waals surface area contributed by atoms with Crippen LogP contribution < -0.4 is 10.1 Å². The van der Waals surface area contributed by atoms with E-state index in [2.05, 4.69) is 23.5 Å². The fraction of sp³-hybridized carbons (Fsp3) is 0.320. The number of hydrogen-bond acceptors (Lipinski definition) is 5. The predicted octanol–water partition coefficient (Wildman–Crippen LogP) is 4.81. The monoisotopic (exact) mass is 435 g/mol. The summed E-state index contributed by atoms with van der Waals surface area (Å²) in [6, 6.07) is 14.2. The van der Waals surface area contributed by atoms with Crippen molar-refractivity contribution in [2.45, 2.75) is 39.7 Å². The maximum atomic E-state index is 12.2. The van der Waals surface area contributed by atoms with Crippen molar-refractivity contribution in [1.82, 2.24) is 5.32 Å². The van der Waals surface area contributed by atoms with E-state index in [1.807, 2.05) is 24.3 Å². The highest BCUT2D eigenvalue weighted by atomic mass is 32.1.